The largest absolute Gasteiger partial charge is 0.140 e. The molecule has 0 aliphatic heterocycles. The van der Waals surface area contributed by atoms with Crippen molar-refractivity contribution in [2.45, 2.75) is 39.0 Å². The van der Waals surface area contributed by atoms with Gasteiger partial charge in [-0.25, -0.2) is 0 Å². The minimum atomic E-state index is 0.985. The summed E-state index contributed by atoms with van der Waals surface area (Å²) in [5.74, 6) is 0.985. The summed E-state index contributed by atoms with van der Waals surface area (Å²) >= 11 is 3.96. The zero-order valence-corrected chi connectivity index (χ0v) is 10.7. The van der Waals surface area contributed by atoms with Gasteiger partial charge in [-0.1, -0.05) is 25.7 Å². The molecule has 0 radical (unpaired) electrons. The maximum atomic E-state index is 2.43. The van der Waals surface area contributed by atoms with Gasteiger partial charge < -0.3 is 0 Å². The average molecular weight is 236 g/mol. The third kappa shape index (κ3) is 1.98. The molecule has 0 atom stereocenters. The van der Waals surface area contributed by atoms with E-state index in [0.29, 0.717) is 0 Å². The van der Waals surface area contributed by atoms with Gasteiger partial charge in [0.15, 0.2) is 0 Å². The predicted octanol–water partition coefficient (Wildman–Crippen LogP) is 5.00. The van der Waals surface area contributed by atoms with E-state index in [0.717, 1.165) is 5.92 Å². The maximum Gasteiger partial charge on any atom is 0.0456 e. The number of fused-ring (bicyclic) bond motifs is 1. The van der Waals surface area contributed by atoms with Crippen LogP contribution in [0.15, 0.2) is 12.1 Å². The molecule has 1 saturated carbocycles. The number of aryl methyl sites for hydroxylation is 1. The van der Waals surface area contributed by atoms with E-state index in [1.807, 2.05) is 22.7 Å². The zero-order chi connectivity index (χ0) is 10.3. The Kier molecular flexibility index (Phi) is 2.57. The van der Waals surface area contributed by atoms with Crippen LogP contribution in [0.5, 0.6) is 0 Å². The average Bonchev–Trinajstić information content (AvgIpc) is 2.81. The molecule has 2 heterocycles. The molecule has 15 heavy (non-hydrogen) atoms. The molecular weight excluding hydrogens is 220 g/mol. The number of rotatable bonds is 2. The molecule has 1 fully saturated rings. The van der Waals surface area contributed by atoms with Crippen LogP contribution in [0.1, 0.15) is 35.4 Å². The van der Waals surface area contributed by atoms with Crippen molar-refractivity contribution in [1.29, 1.82) is 0 Å². The molecule has 1 aliphatic carbocycles. The Morgan fingerprint density at radius 2 is 1.87 bits per heavy atom. The second-order valence-corrected chi connectivity index (χ2v) is 7.11. The first-order chi connectivity index (χ1) is 7.31. The second kappa shape index (κ2) is 3.91. The van der Waals surface area contributed by atoms with Gasteiger partial charge in [-0.2, -0.15) is 0 Å². The first-order valence-electron chi connectivity index (χ1n) is 5.80. The van der Waals surface area contributed by atoms with Crippen molar-refractivity contribution in [3.05, 3.63) is 21.9 Å². The molecule has 0 bridgehead atoms. The van der Waals surface area contributed by atoms with E-state index < -0.39 is 0 Å². The lowest BCUT2D eigenvalue weighted by atomic mass is 10.0. The van der Waals surface area contributed by atoms with Gasteiger partial charge in [0.1, 0.15) is 0 Å². The summed E-state index contributed by atoms with van der Waals surface area (Å²) < 4.78 is 3.01. The fourth-order valence-electron chi connectivity index (χ4n) is 2.61. The van der Waals surface area contributed by atoms with Crippen molar-refractivity contribution in [2.75, 3.05) is 0 Å². The Hall–Kier alpha value is -0.340. The second-order valence-electron chi connectivity index (χ2n) is 4.65. The Morgan fingerprint density at radius 3 is 2.60 bits per heavy atom. The van der Waals surface area contributed by atoms with Crippen molar-refractivity contribution >= 4 is 32.1 Å². The van der Waals surface area contributed by atoms with Crippen LogP contribution in [0.25, 0.3) is 9.40 Å². The van der Waals surface area contributed by atoms with Crippen LogP contribution < -0.4 is 0 Å². The van der Waals surface area contributed by atoms with Gasteiger partial charge in [0.2, 0.25) is 0 Å². The van der Waals surface area contributed by atoms with Crippen LogP contribution in [-0.4, -0.2) is 0 Å². The summed E-state index contributed by atoms with van der Waals surface area (Å²) in [6.45, 7) is 2.20. The summed E-state index contributed by atoms with van der Waals surface area (Å²) in [6, 6.07) is 4.76. The van der Waals surface area contributed by atoms with Crippen molar-refractivity contribution < 1.29 is 0 Å². The molecule has 3 rings (SSSR count). The predicted molar refractivity (Wildman–Crippen MR) is 70.1 cm³/mol. The molecule has 2 aromatic heterocycles. The highest BCUT2D eigenvalue weighted by Gasteiger charge is 2.16. The van der Waals surface area contributed by atoms with Crippen molar-refractivity contribution in [3.8, 4) is 0 Å². The van der Waals surface area contributed by atoms with E-state index in [1.54, 1.807) is 4.88 Å². The maximum absolute atomic E-state index is 2.43. The van der Waals surface area contributed by atoms with E-state index in [9.17, 15) is 0 Å². The molecule has 0 nitrogen and oxygen atoms in total. The fraction of sp³-hybridized carbons (Fsp3) is 0.538. The molecule has 0 saturated heterocycles. The molecule has 0 amide bonds. The highest BCUT2D eigenvalue weighted by molar-refractivity contribution is 7.27. The summed E-state index contributed by atoms with van der Waals surface area (Å²) in [6.07, 6.45) is 7.19. The number of hydrogen-bond acceptors (Lipinski definition) is 2. The molecule has 0 aromatic carbocycles. The van der Waals surface area contributed by atoms with E-state index >= 15 is 0 Å². The lowest BCUT2D eigenvalue weighted by Gasteiger charge is -2.05. The topological polar surface area (TPSA) is 0 Å². The van der Waals surface area contributed by atoms with E-state index in [4.69, 9.17) is 0 Å². The molecular formula is C13H16S2. The first-order valence-corrected chi connectivity index (χ1v) is 7.43. The van der Waals surface area contributed by atoms with Crippen LogP contribution in [0.4, 0.5) is 0 Å². The van der Waals surface area contributed by atoms with Gasteiger partial charge in [-0.05, 0) is 31.4 Å². The van der Waals surface area contributed by atoms with Crippen LogP contribution in [0.3, 0.4) is 0 Å². The third-order valence-electron chi connectivity index (χ3n) is 3.35. The SMILES string of the molecule is Cc1cc2sc(CC3CCCC3)cc2s1. The molecule has 1 aliphatic rings. The monoisotopic (exact) mass is 236 g/mol. The third-order valence-corrected chi connectivity index (χ3v) is 5.58. The van der Waals surface area contributed by atoms with Crippen LogP contribution in [-0.2, 0) is 6.42 Å². The molecule has 2 aromatic rings. The molecule has 0 spiro atoms. The minimum absolute atomic E-state index is 0.985. The summed E-state index contributed by atoms with van der Waals surface area (Å²) in [5, 5.41) is 0. The fourth-order valence-corrected chi connectivity index (χ4v) is 5.06. The summed E-state index contributed by atoms with van der Waals surface area (Å²) in [4.78, 5) is 3.06. The zero-order valence-electron chi connectivity index (χ0n) is 9.08. The molecule has 80 valence electrons. The van der Waals surface area contributed by atoms with Gasteiger partial charge in [0.25, 0.3) is 0 Å². The van der Waals surface area contributed by atoms with Crippen LogP contribution in [0.2, 0.25) is 0 Å². The van der Waals surface area contributed by atoms with Crippen molar-refractivity contribution in [1.82, 2.24) is 0 Å². The Morgan fingerprint density at radius 1 is 1.13 bits per heavy atom. The summed E-state index contributed by atoms with van der Waals surface area (Å²) in [7, 11) is 0. The molecule has 2 heteroatoms. The summed E-state index contributed by atoms with van der Waals surface area (Å²) in [5.41, 5.74) is 0. The van der Waals surface area contributed by atoms with E-state index in [2.05, 4.69) is 19.1 Å². The molecule has 0 N–H and O–H groups in total. The van der Waals surface area contributed by atoms with Crippen molar-refractivity contribution in [3.63, 3.8) is 0 Å². The minimum Gasteiger partial charge on any atom is -0.140 e. The van der Waals surface area contributed by atoms with Crippen LogP contribution in [0, 0.1) is 12.8 Å². The van der Waals surface area contributed by atoms with Gasteiger partial charge in [-0.15, -0.1) is 22.7 Å². The first kappa shape index (κ1) is 9.86. The van der Waals surface area contributed by atoms with Crippen molar-refractivity contribution in [2.24, 2.45) is 5.92 Å². The number of thiophene rings is 2. The van der Waals surface area contributed by atoms with Gasteiger partial charge >= 0.3 is 0 Å². The highest BCUT2D eigenvalue weighted by Crippen LogP contribution is 2.36. The van der Waals surface area contributed by atoms with Crippen LogP contribution >= 0.6 is 22.7 Å². The molecule has 0 unspecified atom stereocenters. The van der Waals surface area contributed by atoms with E-state index in [1.165, 1.54) is 46.4 Å². The Balaban J connectivity index is 1.82. The number of hydrogen-bond donors (Lipinski definition) is 0. The Bertz CT molecular complexity index is 426. The standard InChI is InChI=1S/C13H16S2/c1-9-6-12-13(14-9)8-11(15-12)7-10-4-2-3-5-10/h6,8,10H,2-5,7H2,1H3. The van der Waals surface area contributed by atoms with Gasteiger partial charge in [0, 0.05) is 19.2 Å². The lowest BCUT2D eigenvalue weighted by molar-refractivity contribution is 0.551. The van der Waals surface area contributed by atoms with E-state index in [-0.39, 0.29) is 0 Å². The lowest BCUT2D eigenvalue weighted by Crippen LogP contribution is -1.95. The van der Waals surface area contributed by atoms with Gasteiger partial charge in [-0.3, -0.25) is 0 Å². The normalized spacial score (nSPS) is 17.9. The quantitative estimate of drug-likeness (QED) is 0.688. The smallest absolute Gasteiger partial charge is 0.0456 e. The van der Waals surface area contributed by atoms with Gasteiger partial charge in [0.05, 0.1) is 0 Å². The Labute approximate surface area is 98.9 Å². The highest BCUT2D eigenvalue weighted by atomic mass is 32.1.